The maximum atomic E-state index is 11.4. The molecule has 0 amide bonds. The maximum Gasteiger partial charge on any atom is 0.272 e. The van der Waals surface area contributed by atoms with E-state index in [-0.39, 0.29) is 0 Å². The fourth-order valence-electron chi connectivity index (χ4n) is 0.200. The topological polar surface area (TPSA) is 54.4 Å². The Labute approximate surface area is 51.4 Å². The first-order valence-electron chi connectivity index (χ1n) is 2.10. The molecule has 56 valence electrons. The lowest BCUT2D eigenvalue weighted by Gasteiger charge is -2.01. The summed E-state index contributed by atoms with van der Waals surface area (Å²) in [5, 5.41) is -1.91. The highest BCUT2D eigenvalue weighted by Gasteiger charge is 2.22. The van der Waals surface area contributed by atoms with Gasteiger partial charge in [0.05, 0.1) is 0 Å². The van der Waals surface area contributed by atoms with Gasteiger partial charge in [-0.2, -0.15) is 8.42 Å². The molecule has 0 aromatic rings. The Bertz CT molecular complexity index is 160. The van der Waals surface area contributed by atoms with E-state index in [2.05, 4.69) is 0 Å². The standard InChI is InChI=1S/C3H6F2O3S/c4-1-3(2-5)9(6,7)8/h3H,1-2H2,(H,6,7,8). The quantitative estimate of drug-likeness (QED) is 0.599. The summed E-state index contributed by atoms with van der Waals surface area (Å²) >= 11 is 0. The molecule has 0 unspecified atom stereocenters. The predicted octanol–water partition coefficient (Wildman–Crippen LogP) is 0.182. The molecule has 0 saturated heterocycles. The molecule has 0 spiro atoms. The van der Waals surface area contributed by atoms with Crippen LogP contribution in [-0.4, -0.2) is 31.6 Å². The van der Waals surface area contributed by atoms with Gasteiger partial charge in [0.15, 0.2) is 0 Å². The number of alkyl halides is 2. The monoisotopic (exact) mass is 160 g/mol. The van der Waals surface area contributed by atoms with Crippen molar-refractivity contribution in [1.29, 1.82) is 0 Å². The van der Waals surface area contributed by atoms with Crippen LogP contribution in [0.2, 0.25) is 0 Å². The van der Waals surface area contributed by atoms with Crippen molar-refractivity contribution in [2.45, 2.75) is 5.25 Å². The summed E-state index contributed by atoms with van der Waals surface area (Å²) in [7, 11) is -4.52. The summed E-state index contributed by atoms with van der Waals surface area (Å²) in [4.78, 5) is 0. The van der Waals surface area contributed by atoms with Gasteiger partial charge in [0.1, 0.15) is 18.6 Å². The molecule has 1 N–H and O–H groups in total. The fraction of sp³-hybridized carbons (Fsp3) is 1.00. The molecular formula is C3H6F2O3S. The van der Waals surface area contributed by atoms with Crippen LogP contribution in [-0.2, 0) is 10.1 Å². The van der Waals surface area contributed by atoms with E-state index in [0.717, 1.165) is 0 Å². The van der Waals surface area contributed by atoms with Crippen molar-refractivity contribution >= 4 is 10.1 Å². The molecular weight excluding hydrogens is 154 g/mol. The van der Waals surface area contributed by atoms with Crippen LogP contribution >= 0.6 is 0 Å². The van der Waals surface area contributed by atoms with Crippen molar-refractivity contribution in [3.8, 4) is 0 Å². The number of hydrogen-bond acceptors (Lipinski definition) is 2. The van der Waals surface area contributed by atoms with Crippen molar-refractivity contribution in [2.24, 2.45) is 0 Å². The van der Waals surface area contributed by atoms with E-state index < -0.39 is 28.7 Å². The molecule has 3 nitrogen and oxygen atoms in total. The van der Waals surface area contributed by atoms with Crippen LogP contribution in [0.5, 0.6) is 0 Å². The Morgan fingerprint density at radius 3 is 1.67 bits per heavy atom. The van der Waals surface area contributed by atoms with Crippen LogP contribution in [0.1, 0.15) is 0 Å². The Morgan fingerprint density at radius 2 is 1.67 bits per heavy atom. The van der Waals surface area contributed by atoms with E-state index in [9.17, 15) is 17.2 Å². The van der Waals surface area contributed by atoms with Gasteiger partial charge in [-0.05, 0) is 0 Å². The summed E-state index contributed by atoms with van der Waals surface area (Å²) < 4.78 is 50.5. The second-order valence-corrected chi connectivity index (χ2v) is 3.14. The minimum Gasteiger partial charge on any atom is -0.285 e. The second kappa shape index (κ2) is 3.07. The minimum atomic E-state index is -4.52. The van der Waals surface area contributed by atoms with Crippen LogP contribution in [0.25, 0.3) is 0 Å². The van der Waals surface area contributed by atoms with Crippen molar-refractivity contribution in [3.63, 3.8) is 0 Å². The minimum absolute atomic E-state index is 1.39. The lowest BCUT2D eigenvalue weighted by Crippen LogP contribution is -2.24. The molecule has 0 aromatic heterocycles. The molecule has 0 fully saturated rings. The number of halogens is 2. The SMILES string of the molecule is O=S(=O)(O)C(CF)CF. The average molecular weight is 160 g/mol. The highest BCUT2D eigenvalue weighted by molar-refractivity contribution is 7.86. The highest BCUT2D eigenvalue weighted by atomic mass is 32.2. The van der Waals surface area contributed by atoms with Gasteiger partial charge in [0, 0.05) is 0 Å². The number of hydrogen-bond donors (Lipinski definition) is 1. The molecule has 0 saturated carbocycles. The first-order valence-corrected chi connectivity index (χ1v) is 3.61. The first kappa shape index (κ1) is 8.77. The predicted molar refractivity (Wildman–Crippen MR) is 27.3 cm³/mol. The van der Waals surface area contributed by atoms with E-state index in [1.165, 1.54) is 0 Å². The summed E-state index contributed by atoms with van der Waals surface area (Å²) in [6.07, 6.45) is 0. The molecule has 0 atom stereocenters. The molecule has 0 rings (SSSR count). The van der Waals surface area contributed by atoms with E-state index >= 15 is 0 Å². The van der Waals surface area contributed by atoms with Crippen LogP contribution in [0, 0.1) is 0 Å². The summed E-state index contributed by atoms with van der Waals surface area (Å²) in [5.74, 6) is 0. The van der Waals surface area contributed by atoms with Crippen molar-refractivity contribution < 1.29 is 21.8 Å². The number of rotatable bonds is 3. The van der Waals surface area contributed by atoms with Crippen LogP contribution in [0.3, 0.4) is 0 Å². The molecule has 0 aliphatic heterocycles. The van der Waals surface area contributed by atoms with E-state index in [1.807, 2.05) is 0 Å². The molecule has 0 bridgehead atoms. The first-order chi connectivity index (χ1) is 4.02. The van der Waals surface area contributed by atoms with Crippen molar-refractivity contribution in [1.82, 2.24) is 0 Å². The van der Waals surface area contributed by atoms with E-state index in [1.54, 1.807) is 0 Å². The Hall–Kier alpha value is -0.230. The lowest BCUT2D eigenvalue weighted by atomic mass is 10.5. The highest BCUT2D eigenvalue weighted by Crippen LogP contribution is 1.99. The molecule has 6 heteroatoms. The van der Waals surface area contributed by atoms with Gasteiger partial charge in [-0.25, -0.2) is 8.78 Å². The van der Waals surface area contributed by atoms with Crippen LogP contribution < -0.4 is 0 Å². The van der Waals surface area contributed by atoms with Gasteiger partial charge in [-0.1, -0.05) is 0 Å². The molecule has 0 aromatic carbocycles. The maximum absolute atomic E-state index is 11.4. The van der Waals surface area contributed by atoms with Gasteiger partial charge in [0.25, 0.3) is 10.1 Å². The third-order valence-corrected chi connectivity index (χ3v) is 1.86. The second-order valence-electron chi connectivity index (χ2n) is 1.45. The van der Waals surface area contributed by atoms with Crippen molar-refractivity contribution in [3.05, 3.63) is 0 Å². The molecule has 0 heterocycles. The Balaban J connectivity index is 4.14. The fourth-order valence-corrected chi connectivity index (χ4v) is 0.519. The van der Waals surface area contributed by atoms with E-state index in [0.29, 0.717) is 0 Å². The Kier molecular flexibility index (Phi) is 2.99. The van der Waals surface area contributed by atoms with Gasteiger partial charge >= 0.3 is 0 Å². The van der Waals surface area contributed by atoms with Crippen LogP contribution in [0.15, 0.2) is 0 Å². The summed E-state index contributed by atoms with van der Waals surface area (Å²) in [5.41, 5.74) is 0. The van der Waals surface area contributed by atoms with Gasteiger partial charge in [-0.15, -0.1) is 0 Å². The average Bonchev–Trinajstić information content (AvgIpc) is 1.65. The molecule has 0 aliphatic carbocycles. The van der Waals surface area contributed by atoms with Gasteiger partial charge in [0.2, 0.25) is 0 Å². The molecule has 0 aliphatic rings. The largest absolute Gasteiger partial charge is 0.285 e. The summed E-state index contributed by atoms with van der Waals surface area (Å²) in [6, 6.07) is 0. The smallest absolute Gasteiger partial charge is 0.272 e. The van der Waals surface area contributed by atoms with Gasteiger partial charge in [-0.3, -0.25) is 4.55 Å². The lowest BCUT2D eigenvalue weighted by molar-refractivity contribution is 0.371. The zero-order valence-corrected chi connectivity index (χ0v) is 5.24. The molecule has 0 radical (unpaired) electrons. The normalized spacial score (nSPS) is 12.4. The van der Waals surface area contributed by atoms with E-state index in [4.69, 9.17) is 4.55 Å². The summed E-state index contributed by atoms with van der Waals surface area (Å²) in [6.45, 7) is -2.79. The van der Waals surface area contributed by atoms with Gasteiger partial charge < -0.3 is 0 Å². The zero-order valence-electron chi connectivity index (χ0n) is 4.42. The third kappa shape index (κ3) is 2.71. The molecule has 9 heavy (non-hydrogen) atoms. The zero-order chi connectivity index (χ0) is 7.49. The van der Waals surface area contributed by atoms with Crippen LogP contribution in [0.4, 0.5) is 8.78 Å². The van der Waals surface area contributed by atoms with Crippen molar-refractivity contribution in [2.75, 3.05) is 13.3 Å². The Morgan fingerprint density at radius 1 is 1.33 bits per heavy atom. The third-order valence-electron chi connectivity index (χ3n) is 0.765.